The summed E-state index contributed by atoms with van der Waals surface area (Å²) >= 11 is 3.37. The molecule has 0 aromatic carbocycles. The smallest absolute Gasteiger partial charge is 0.252 e. The molecule has 0 unspecified atom stereocenters. The zero-order chi connectivity index (χ0) is 12.2. The van der Waals surface area contributed by atoms with E-state index in [0.717, 1.165) is 11.5 Å². The van der Waals surface area contributed by atoms with E-state index < -0.39 is 5.82 Å². The Morgan fingerprint density at radius 2 is 2.25 bits per heavy atom. The topological polar surface area (TPSA) is 42.0 Å². The van der Waals surface area contributed by atoms with Crippen LogP contribution in [0.2, 0.25) is 0 Å². The molecule has 0 aliphatic heterocycles. The van der Waals surface area contributed by atoms with Crippen molar-refractivity contribution < 1.29 is 9.18 Å². The summed E-state index contributed by atoms with van der Waals surface area (Å²) < 4.78 is 12.8. The van der Waals surface area contributed by atoms with E-state index >= 15 is 0 Å². The molecule has 0 saturated carbocycles. The van der Waals surface area contributed by atoms with Gasteiger partial charge >= 0.3 is 0 Å². The lowest BCUT2D eigenvalue weighted by atomic mass is 9.97. The van der Waals surface area contributed by atoms with Gasteiger partial charge in [0.1, 0.15) is 5.82 Å². The van der Waals surface area contributed by atoms with Crippen LogP contribution in [-0.4, -0.2) is 22.8 Å². The van der Waals surface area contributed by atoms with Gasteiger partial charge in [-0.1, -0.05) is 29.8 Å². The molecule has 0 atom stereocenters. The highest BCUT2D eigenvalue weighted by Crippen LogP contribution is 2.16. The van der Waals surface area contributed by atoms with E-state index in [2.05, 4.69) is 26.2 Å². The number of carbonyl (C=O) groups is 1. The number of carbonyl (C=O) groups excluding carboxylic acids is 1. The maximum absolute atomic E-state index is 12.8. The van der Waals surface area contributed by atoms with Crippen molar-refractivity contribution in [2.24, 2.45) is 5.41 Å². The number of amides is 1. The molecule has 16 heavy (non-hydrogen) atoms. The van der Waals surface area contributed by atoms with E-state index in [1.165, 1.54) is 12.3 Å². The van der Waals surface area contributed by atoms with Crippen LogP contribution in [0.5, 0.6) is 0 Å². The minimum atomic E-state index is -0.507. The first-order valence-electron chi connectivity index (χ1n) is 4.89. The number of pyridine rings is 1. The quantitative estimate of drug-likeness (QED) is 0.865. The summed E-state index contributed by atoms with van der Waals surface area (Å²) in [4.78, 5) is 15.3. The molecule has 0 aliphatic carbocycles. The standard InChI is InChI=1S/C11H14BrFN2O/c1-11(2,6-12)7-15-10(16)8-3-9(13)5-14-4-8/h3-5H,6-7H2,1-2H3,(H,15,16). The number of alkyl halides is 1. The lowest BCUT2D eigenvalue weighted by Gasteiger charge is -2.21. The van der Waals surface area contributed by atoms with Crippen LogP contribution < -0.4 is 5.32 Å². The van der Waals surface area contributed by atoms with Gasteiger partial charge in [0.15, 0.2) is 0 Å². The third-order valence-corrected chi connectivity index (χ3v) is 3.57. The molecule has 1 heterocycles. The van der Waals surface area contributed by atoms with E-state index in [9.17, 15) is 9.18 Å². The first-order chi connectivity index (χ1) is 7.44. The monoisotopic (exact) mass is 288 g/mol. The van der Waals surface area contributed by atoms with Crippen molar-refractivity contribution in [1.29, 1.82) is 0 Å². The van der Waals surface area contributed by atoms with E-state index in [4.69, 9.17) is 0 Å². The normalized spacial score (nSPS) is 11.2. The number of aromatic nitrogens is 1. The lowest BCUT2D eigenvalue weighted by Crippen LogP contribution is -2.34. The molecule has 0 saturated heterocycles. The highest BCUT2D eigenvalue weighted by atomic mass is 79.9. The molecule has 0 radical (unpaired) electrons. The summed E-state index contributed by atoms with van der Waals surface area (Å²) in [6.07, 6.45) is 2.42. The van der Waals surface area contributed by atoms with Gasteiger partial charge < -0.3 is 5.32 Å². The van der Waals surface area contributed by atoms with Gasteiger partial charge in [0.2, 0.25) is 0 Å². The molecule has 0 aliphatic rings. The molecule has 0 fully saturated rings. The maximum atomic E-state index is 12.8. The van der Waals surface area contributed by atoms with E-state index in [1.54, 1.807) is 0 Å². The number of rotatable bonds is 4. The third-order valence-electron chi connectivity index (χ3n) is 2.06. The predicted molar refractivity (Wildman–Crippen MR) is 64.1 cm³/mol. The first-order valence-corrected chi connectivity index (χ1v) is 6.01. The Kier molecular flexibility index (Phi) is 4.41. The van der Waals surface area contributed by atoms with Crippen molar-refractivity contribution >= 4 is 21.8 Å². The van der Waals surface area contributed by atoms with Crippen LogP contribution in [0.15, 0.2) is 18.5 Å². The molecule has 1 amide bonds. The fourth-order valence-corrected chi connectivity index (χ4v) is 1.20. The van der Waals surface area contributed by atoms with E-state index in [-0.39, 0.29) is 16.9 Å². The molecule has 1 rings (SSSR count). The highest BCUT2D eigenvalue weighted by Gasteiger charge is 2.17. The summed E-state index contributed by atoms with van der Waals surface area (Å²) in [7, 11) is 0. The average Bonchev–Trinajstić information content (AvgIpc) is 2.26. The van der Waals surface area contributed by atoms with Crippen LogP contribution >= 0.6 is 15.9 Å². The van der Waals surface area contributed by atoms with Gasteiger partial charge in [-0.15, -0.1) is 0 Å². The summed E-state index contributed by atoms with van der Waals surface area (Å²) in [5.41, 5.74) is 0.210. The third kappa shape index (κ3) is 3.89. The molecule has 1 aromatic heterocycles. The molecular weight excluding hydrogens is 275 g/mol. The van der Waals surface area contributed by atoms with E-state index in [1.807, 2.05) is 13.8 Å². The zero-order valence-corrected chi connectivity index (χ0v) is 10.8. The van der Waals surface area contributed by atoms with Gasteiger partial charge in [0.25, 0.3) is 5.91 Å². The number of hydrogen-bond acceptors (Lipinski definition) is 2. The van der Waals surface area contributed by atoms with Gasteiger partial charge in [0.05, 0.1) is 11.8 Å². The van der Waals surface area contributed by atoms with Crippen molar-refractivity contribution in [1.82, 2.24) is 10.3 Å². The Morgan fingerprint density at radius 3 is 2.81 bits per heavy atom. The Labute approximate surface area is 103 Å². The molecule has 0 bridgehead atoms. The van der Waals surface area contributed by atoms with Gasteiger partial charge in [-0.3, -0.25) is 9.78 Å². The minimum Gasteiger partial charge on any atom is -0.351 e. The van der Waals surface area contributed by atoms with Gasteiger partial charge in [-0.2, -0.15) is 0 Å². The Hall–Kier alpha value is -0.970. The van der Waals surface area contributed by atoms with Crippen LogP contribution in [0, 0.1) is 11.2 Å². The van der Waals surface area contributed by atoms with Crippen LogP contribution in [0.25, 0.3) is 0 Å². The van der Waals surface area contributed by atoms with Crippen molar-refractivity contribution in [2.45, 2.75) is 13.8 Å². The molecule has 88 valence electrons. The Bertz CT molecular complexity index is 382. The summed E-state index contributed by atoms with van der Waals surface area (Å²) in [5.74, 6) is -0.812. The van der Waals surface area contributed by atoms with Crippen molar-refractivity contribution in [2.75, 3.05) is 11.9 Å². The number of halogens is 2. The minimum absolute atomic E-state index is 0.0313. The number of nitrogens with zero attached hydrogens (tertiary/aromatic N) is 1. The first kappa shape index (κ1) is 13.1. The second kappa shape index (κ2) is 5.39. The fourth-order valence-electron chi connectivity index (χ4n) is 1.00. The van der Waals surface area contributed by atoms with Crippen LogP contribution in [0.1, 0.15) is 24.2 Å². The zero-order valence-electron chi connectivity index (χ0n) is 9.26. The fraction of sp³-hybridized carbons (Fsp3) is 0.455. The number of hydrogen-bond donors (Lipinski definition) is 1. The van der Waals surface area contributed by atoms with Crippen LogP contribution in [-0.2, 0) is 0 Å². The summed E-state index contributed by atoms with van der Waals surface area (Å²) in [6, 6.07) is 1.17. The average molecular weight is 289 g/mol. The van der Waals surface area contributed by atoms with Crippen LogP contribution in [0.3, 0.4) is 0 Å². The summed E-state index contributed by atoms with van der Waals surface area (Å²) in [6.45, 7) is 4.56. The van der Waals surface area contributed by atoms with Crippen molar-refractivity contribution in [3.8, 4) is 0 Å². The maximum Gasteiger partial charge on any atom is 0.252 e. The largest absolute Gasteiger partial charge is 0.351 e. The summed E-state index contributed by atoms with van der Waals surface area (Å²) in [5, 5.41) is 3.52. The Balaban J connectivity index is 2.60. The second-order valence-corrected chi connectivity index (χ2v) is 4.93. The second-order valence-electron chi connectivity index (χ2n) is 4.37. The van der Waals surface area contributed by atoms with Crippen molar-refractivity contribution in [3.05, 3.63) is 29.8 Å². The van der Waals surface area contributed by atoms with Crippen LogP contribution in [0.4, 0.5) is 4.39 Å². The molecule has 5 heteroatoms. The molecule has 1 aromatic rings. The van der Waals surface area contributed by atoms with Gasteiger partial charge in [-0.25, -0.2) is 4.39 Å². The van der Waals surface area contributed by atoms with Gasteiger partial charge in [-0.05, 0) is 11.5 Å². The molecule has 0 spiro atoms. The lowest BCUT2D eigenvalue weighted by molar-refractivity contribution is 0.0939. The SMILES string of the molecule is CC(C)(CBr)CNC(=O)c1cncc(F)c1. The molecule has 3 nitrogen and oxygen atoms in total. The molecular formula is C11H14BrFN2O. The Morgan fingerprint density at radius 1 is 1.56 bits per heavy atom. The number of nitrogens with one attached hydrogen (secondary N) is 1. The predicted octanol–water partition coefficient (Wildman–Crippen LogP) is 2.37. The highest BCUT2D eigenvalue weighted by molar-refractivity contribution is 9.09. The van der Waals surface area contributed by atoms with Gasteiger partial charge in [0, 0.05) is 18.1 Å². The van der Waals surface area contributed by atoms with Crippen molar-refractivity contribution in [3.63, 3.8) is 0 Å². The van der Waals surface area contributed by atoms with E-state index in [0.29, 0.717) is 6.54 Å². The molecule has 1 N–H and O–H groups in total.